The van der Waals surface area contributed by atoms with Crippen LogP contribution in [0.25, 0.3) is 0 Å². The normalized spacial score (nSPS) is 27.7. The highest BCUT2D eigenvalue weighted by molar-refractivity contribution is 4.86. The molecule has 1 saturated heterocycles. The highest BCUT2D eigenvalue weighted by atomic mass is 16.3. The monoisotopic (exact) mass is 258 g/mol. The SMILES string of the molecule is CCC(O)C1CC(NCCO)CN(CC(C)C)C1. The molecular weight excluding hydrogens is 228 g/mol. The number of aliphatic hydroxyl groups excluding tert-OH is 2. The predicted octanol–water partition coefficient (Wildman–Crippen LogP) is 0.686. The van der Waals surface area contributed by atoms with Gasteiger partial charge in [-0.2, -0.15) is 0 Å². The summed E-state index contributed by atoms with van der Waals surface area (Å²) in [5, 5.41) is 22.4. The van der Waals surface area contributed by atoms with Gasteiger partial charge in [-0.1, -0.05) is 20.8 Å². The Bertz CT molecular complexity index is 224. The van der Waals surface area contributed by atoms with Crippen LogP contribution in [0.5, 0.6) is 0 Å². The van der Waals surface area contributed by atoms with Gasteiger partial charge in [0.1, 0.15) is 0 Å². The van der Waals surface area contributed by atoms with E-state index in [0.29, 0.717) is 24.4 Å². The van der Waals surface area contributed by atoms with Crippen LogP contribution < -0.4 is 5.32 Å². The summed E-state index contributed by atoms with van der Waals surface area (Å²) in [7, 11) is 0. The maximum atomic E-state index is 10.1. The number of hydrogen-bond donors (Lipinski definition) is 3. The van der Waals surface area contributed by atoms with E-state index in [1.54, 1.807) is 0 Å². The van der Waals surface area contributed by atoms with Gasteiger partial charge in [0.05, 0.1) is 12.7 Å². The minimum absolute atomic E-state index is 0.182. The standard InChI is InChI=1S/C14H30N2O2/c1-4-14(18)12-7-13(15-5-6-17)10-16(9-12)8-11(2)3/h11-15,17-18H,4-10H2,1-3H3. The molecule has 1 rings (SSSR count). The molecule has 0 aromatic heterocycles. The average Bonchev–Trinajstić information content (AvgIpc) is 2.34. The molecule has 1 fully saturated rings. The van der Waals surface area contributed by atoms with E-state index in [1.165, 1.54) is 0 Å². The van der Waals surface area contributed by atoms with Gasteiger partial charge in [-0.15, -0.1) is 0 Å². The molecule has 3 unspecified atom stereocenters. The van der Waals surface area contributed by atoms with Crippen LogP contribution in [-0.4, -0.2) is 60.0 Å². The Morgan fingerprint density at radius 1 is 1.33 bits per heavy atom. The molecule has 0 radical (unpaired) electrons. The minimum Gasteiger partial charge on any atom is -0.395 e. The molecule has 0 aliphatic carbocycles. The van der Waals surface area contributed by atoms with Crippen molar-refractivity contribution in [3.8, 4) is 0 Å². The van der Waals surface area contributed by atoms with Crippen LogP contribution >= 0.6 is 0 Å². The van der Waals surface area contributed by atoms with Crippen LogP contribution in [0.2, 0.25) is 0 Å². The van der Waals surface area contributed by atoms with E-state index in [2.05, 4.69) is 24.1 Å². The van der Waals surface area contributed by atoms with Gasteiger partial charge in [0.15, 0.2) is 0 Å². The van der Waals surface area contributed by atoms with Gasteiger partial charge in [0.2, 0.25) is 0 Å². The zero-order valence-electron chi connectivity index (χ0n) is 12.1. The van der Waals surface area contributed by atoms with Crippen molar-refractivity contribution in [1.29, 1.82) is 0 Å². The molecule has 4 nitrogen and oxygen atoms in total. The highest BCUT2D eigenvalue weighted by Crippen LogP contribution is 2.22. The molecule has 4 heteroatoms. The number of rotatable bonds is 7. The second-order valence-electron chi connectivity index (χ2n) is 5.96. The third-order valence-corrected chi connectivity index (χ3v) is 3.69. The molecule has 18 heavy (non-hydrogen) atoms. The number of piperidine rings is 1. The van der Waals surface area contributed by atoms with E-state index in [1.807, 2.05) is 6.92 Å². The lowest BCUT2D eigenvalue weighted by Crippen LogP contribution is -2.52. The summed E-state index contributed by atoms with van der Waals surface area (Å²) < 4.78 is 0. The Balaban J connectivity index is 2.54. The molecule has 0 saturated carbocycles. The van der Waals surface area contributed by atoms with Crippen molar-refractivity contribution in [1.82, 2.24) is 10.2 Å². The van der Waals surface area contributed by atoms with E-state index < -0.39 is 0 Å². The van der Waals surface area contributed by atoms with Crippen molar-refractivity contribution in [2.24, 2.45) is 11.8 Å². The topological polar surface area (TPSA) is 55.7 Å². The first-order valence-electron chi connectivity index (χ1n) is 7.31. The van der Waals surface area contributed by atoms with Gasteiger partial charge in [-0.05, 0) is 24.7 Å². The number of aliphatic hydroxyl groups is 2. The lowest BCUT2D eigenvalue weighted by molar-refractivity contribution is 0.0311. The van der Waals surface area contributed by atoms with E-state index in [-0.39, 0.29) is 12.7 Å². The van der Waals surface area contributed by atoms with Crippen molar-refractivity contribution >= 4 is 0 Å². The molecule has 3 N–H and O–H groups in total. The van der Waals surface area contributed by atoms with Gasteiger partial charge in [-0.25, -0.2) is 0 Å². The smallest absolute Gasteiger partial charge is 0.0578 e. The van der Waals surface area contributed by atoms with Crippen LogP contribution in [-0.2, 0) is 0 Å². The number of likely N-dealkylation sites (tertiary alicyclic amines) is 1. The summed E-state index contributed by atoms with van der Waals surface area (Å²) in [6.07, 6.45) is 1.65. The molecule has 0 aromatic carbocycles. The van der Waals surface area contributed by atoms with Gasteiger partial charge >= 0.3 is 0 Å². The lowest BCUT2D eigenvalue weighted by Gasteiger charge is -2.40. The molecule has 1 heterocycles. The van der Waals surface area contributed by atoms with Crippen LogP contribution in [0.3, 0.4) is 0 Å². The summed E-state index contributed by atoms with van der Waals surface area (Å²) in [6, 6.07) is 0.399. The molecule has 0 amide bonds. The van der Waals surface area contributed by atoms with E-state index >= 15 is 0 Å². The van der Waals surface area contributed by atoms with Crippen LogP contribution in [0.1, 0.15) is 33.6 Å². The van der Waals surface area contributed by atoms with Gasteiger partial charge < -0.3 is 20.4 Å². The van der Waals surface area contributed by atoms with Gasteiger partial charge in [0.25, 0.3) is 0 Å². The maximum absolute atomic E-state index is 10.1. The summed E-state index contributed by atoms with van der Waals surface area (Å²) >= 11 is 0. The molecule has 1 aliphatic heterocycles. The number of nitrogens with zero attached hydrogens (tertiary/aromatic N) is 1. The largest absolute Gasteiger partial charge is 0.395 e. The van der Waals surface area contributed by atoms with E-state index in [9.17, 15) is 5.11 Å². The molecule has 1 aliphatic rings. The Hall–Kier alpha value is -0.160. The Labute approximate surface area is 111 Å². The Kier molecular flexibility index (Phi) is 7.15. The fourth-order valence-corrected chi connectivity index (χ4v) is 2.93. The number of nitrogens with one attached hydrogen (secondary N) is 1. The van der Waals surface area contributed by atoms with Crippen LogP contribution in [0.15, 0.2) is 0 Å². The maximum Gasteiger partial charge on any atom is 0.0578 e. The third kappa shape index (κ3) is 5.22. The fourth-order valence-electron chi connectivity index (χ4n) is 2.93. The molecule has 108 valence electrons. The van der Waals surface area contributed by atoms with Crippen molar-refractivity contribution < 1.29 is 10.2 Å². The third-order valence-electron chi connectivity index (χ3n) is 3.69. The summed E-state index contributed by atoms with van der Waals surface area (Å²) in [4.78, 5) is 2.45. The van der Waals surface area contributed by atoms with Crippen molar-refractivity contribution in [2.45, 2.75) is 45.8 Å². The molecule has 0 aromatic rings. The molecule has 3 atom stereocenters. The predicted molar refractivity (Wildman–Crippen MR) is 74.6 cm³/mol. The minimum atomic E-state index is -0.196. The molecule has 0 bridgehead atoms. The first-order chi connectivity index (χ1) is 8.56. The quantitative estimate of drug-likeness (QED) is 0.629. The average molecular weight is 258 g/mol. The van der Waals surface area contributed by atoms with Crippen molar-refractivity contribution in [2.75, 3.05) is 32.8 Å². The van der Waals surface area contributed by atoms with Crippen molar-refractivity contribution in [3.05, 3.63) is 0 Å². The number of hydrogen-bond acceptors (Lipinski definition) is 4. The summed E-state index contributed by atoms with van der Waals surface area (Å²) in [5.74, 6) is 1.01. The Morgan fingerprint density at radius 3 is 2.61 bits per heavy atom. The van der Waals surface area contributed by atoms with E-state index in [0.717, 1.165) is 32.5 Å². The summed E-state index contributed by atoms with van der Waals surface area (Å²) in [6.45, 7) is 10.5. The van der Waals surface area contributed by atoms with E-state index in [4.69, 9.17) is 5.11 Å². The molecule has 0 spiro atoms. The zero-order chi connectivity index (χ0) is 13.5. The van der Waals surface area contributed by atoms with Crippen LogP contribution in [0.4, 0.5) is 0 Å². The Morgan fingerprint density at radius 2 is 2.06 bits per heavy atom. The molecular formula is C14H30N2O2. The van der Waals surface area contributed by atoms with Gasteiger partial charge in [-0.3, -0.25) is 0 Å². The van der Waals surface area contributed by atoms with Crippen LogP contribution in [0, 0.1) is 11.8 Å². The van der Waals surface area contributed by atoms with Crippen molar-refractivity contribution in [3.63, 3.8) is 0 Å². The second-order valence-corrected chi connectivity index (χ2v) is 5.96. The second kappa shape index (κ2) is 8.10. The fraction of sp³-hybridized carbons (Fsp3) is 1.00. The lowest BCUT2D eigenvalue weighted by atomic mass is 9.88. The zero-order valence-corrected chi connectivity index (χ0v) is 12.1. The highest BCUT2D eigenvalue weighted by Gasteiger charge is 2.30. The van der Waals surface area contributed by atoms with Gasteiger partial charge in [0, 0.05) is 32.2 Å². The summed E-state index contributed by atoms with van der Waals surface area (Å²) in [5.41, 5.74) is 0. The first-order valence-corrected chi connectivity index (χ1v) is 7.31. The first kappa shape index (κ1) is 15.9.